The average Bonchev–Trinajstić information content (AvgIpc) is 3.40. The van der Waals surface area contributed by atoms with E-state index in [9.17, 15) is 8.78 Å². The second-order valence-electron chi connectivity index (χ2n) is 7.43. The van der Waals surface area contributed by atoms with Gasteiger partial charge in [0.2, 0.25) is 0 Å². The Hall–Kier alpha value is -2.47. The molecule has 4 N–H and O–H groups in total. The van der Waals surface area contributed by atoms with Crippen molar-refractivity contribution in [3.8, 4) is 11.1 Å². The molecular weight excluding hydrogens is 436 g/mol. The van der Waals surface area contributed by atoms with Gasteiger partial charge in [0.1, 0.15) is 11.6 Å². The Morgan fingerprint density at radius 2 is 1.28 bits per heavy atom. The van der Waals surface area contributed by atoms with Crippen LogP contribution in [0.25, 0.3) is 11.1 Å². The van der Waals surface area contributed by atoms with E-state index in [1.165, 1.54) is 6.07 Å². The lowest BCUT2D eigenvalue weighted by Crippen LogP contribution is -2.00. The fourth-order valence-corrected chi connectivity index (χ4v) is 4.69. The van der Waals surface area contributed by atoms with E-state index in [1.54, 1.807) is 18.5 Å². The first kappa shape index (κ1) is 19.8. The van der Waals surface area contributed by atoms with Crippen LogP contribution in [0.5, 0.6) is 0 Å². The molecule has 0 bridgehead atoms. The van der Waals surface area contributed by atoms with E-state index in [0.29, 0.717) is 10.2 Å². The summed E-state index contributed by atoms with van der Waals surface area (Å²) >= 11 is 3.23. The first-order valence-electron chi connectivity index (χ1n) is 9.72. The van der Waals surface area contributed by atoms with E-state index in [1.807, 2.05) is 12.1 Å². The molecule has 0 aliphatic heterocycles. The van der Waals surface area contributed by atoms with Gasteiger partial charge in [0.15, 0.2) is 0 Å². The number of hydrogen-bond acceptors (Lipinski definition) is 3. The van der Waals surface area contributed by atoms with Gasteiger partial charge in [-0.3, -0.25) is 4.98 Å². The van der Waals surface area contributed by atoms with Crippen LogP contribution in [-0.2, 0) is 25.7 Å². The zero-order valence-electron chi connectivity index (χ0n) is 15.9. The number of nitrogens with zero attached hydrogens (tertiary/aromatic N) is 1. The van der Waals surface area contributed by atoms with Crippen LogP contribution in [0.2, 0.25) is 0 Å². The number of aromatic nitrogens is 1. The first-order valence-corrected chi connectivity index (χ1v) is 10.5. The number of nitrogens with two attached hydrogens (primary N) is 2. The lowest BCUT2D eigenvalue weighted by Gasteiger charge is -2.11. The lowest BCUT2D eigenvalue weighted by atomic mass is 9.98. The van der Waals surface area contributed by atoms with Gasteiger partial charge in [-0.25, -0.2) is 8.78 Å². The maximum absolute atomic E-state index is 13.9. The fraction of sp³-hybridized carbons (Fsp3) is 0.261. The van der Waals surface area contributed by atoms with Crippen LogP contribution in [0.1, 0.15) is 35.1 Å². The van der Waals surface area contributed by atoms with Gasteiger partial charge in [0.25, 0.3) is 0 Å². The average molecular weight is 458 g/mol. The number of hydrogen-bond donors (Lipinski definition) is 2. The SMILES string of the molecule is Nc1c(-c2ccncc2)cc(F)c2c1CCC2.Nc1c(Br)cc(F)c2c1CCC2. The number of benzene rings is 2. The molecule has 0 saturated carbocycles. The third-order valence-corrected chi connectivity index (χ3v) is 6.38. The molecule has 2 aliphatic rings. The Bertz CT molecular complexity index is 1070. The summed E-state index contributed by atoms with van der Waals surface area (Å²) in [6, 6.07) is 6.72. The van der Waals surface area contributed by atoms with Crippen molar-refractivity contribution in [1.82, 2.24) is 4.98 Å². The Kier molecular flexibility index (Phi) is 5.54. The van der Waals surface area contributed by atoms with Crippen LogP contribution in [-0.4, -0.2) is 4.98 Å². The maximum Gasteiger partial charge on any atom is 0.127 e. The van der Waals surface area contributed by atoms with E-state index >= 15 is 0 Å². The summed E-state index contributed by atoms with van der Waals surface area (Å²) in [5.41, 5.74) is 18.7. The molecule has 2 aliphatic carbocycles. The van der Waals surface area contributed by atoms with Crippen LogP contribution in [0.15, 0.2) is 41.1 Å². The van der Waals surface area contributed by atoms with Crippen molar-refractivity contribution in [3.05, 3.63) is 75.0 Å². The molecule has 0 unspecified atom stereocenters. The second kappa shape index (κ2) is 8.11. The van der Waals surface area contributed by atoms with Crippen LogP contribution in [0.4, 0.5) is 20.2 Å². The van der Waals surface area contributed by atoms with Crippen molar-refractivity contribution in [1.29, 1.82) is 0 Å². The minimum atomic E-state index is -0.126. The number of pyridine rings is 1. The van der Waals surface area contributed by atoms with Gasteiger partial charge in [0.05, 0.1) is 0 Å². The summed E-state index contributed by atoms with van der Waals surface area (Å²) in [6.45, 7) is 0. The summed E-state index contributed by atoms with van der Waals surface area (Å²) in [4.78, 5) is 3.96. The van der Waals surface area contributed by atoms with Crippen molar-refractivity contribution >= 4 is 27.3 Å². The number of nitrogen functional groups attached to an aromatic ring is 2. The number of halogens is 3. The molecule has 0 atom stereocenters. The van der Waals surface area contributed by atoms with E-state index in [2.05, 4.69) is 20.9 Å². The summed E-state index contributed by atoms with van der Waals surface area (Å²) in [5, 5.41) is 0. The third kappa shape index (κ3) is 3.73. The minimum Gasteiger partial charge on any atom is -0.398 e. The molecule has 5 rings (SSSR count). The highest BCUT2D eigenvalue weighted by atomic mass is 79.9. The highest BCUT2D eigenvalue weighted by Gasteiger charge is 2.21. The van der Waals surface area contributed by atoms with Crippen LogP contribution in [0, 0.1) is 11.6 Å². The van der Waals surface area contributed by atoms with E-state index in [4.69, 9.17) is 11.5 Å². The molecule has 0 amide bonds. The van der Waals surface area contributed by atoms with Gasteiger partial charge in [0, 0.05) is 33.8 Å². The molecule has 0 saturated heterocycles. The maximum atomic E-state index is 13.9. The van der Waals surface area contributed by atoms with Crippen LogP contribution in [0.3, 0.4) is 0 Å². The summed E-state index contributed by atoms with van der Waals surface area (Å²) < 4.78 is 27.9. The Balaban J connectivity index is 0.000000150. The zero-order valence-corrected chi connectivity index (χ0v) is 17.5. The molecule has 3 aromatic rings. The normalized spacial score (nSPS) is 14.2. The molecule has 6 heteroatoms. The Morgan fingerprint density at radius 1 is 0.759 bits per heavy atom. The highest BCUT2D eigenvalue weighted by Crippen LogP contribution is 2.37. The van der Waals surface area contributed by atoms with Crippen molar-refractivity contribution in [2.24, 2.45) is 0 Å². The molecule has 0 spiro atoms. The minimum absolute atomic E-state index is 0.122. The lowest BCUT2D eigenvalue weighted by molar-refractivity contribution is 0.612. The van der Waals surface area contributed by atoms with Gasteiger partial charge >= 0.3 is 0 Å². The molecule has 150 valence electrons. The van der Waals surface area contributed by atoms with Crippen molar-refractivity contribution in [2.45, 2.75) is 38.5 Å². The number of anilines is 2. The molecule has 2 aromatic carbocycles. The second-order valence-corrected chi connectivity index (χ2v) is 8.29. The molecule has 29 heavy (non-hydrogen) atoms. The molecule has 0 radical (unpaired) electrons. The quantitative estimate of drug-likeness (QED) is 0.466. The fourth-order valence-electron chi connectivity index (χ4n) is 4.25. The Morgan fingerprint density at radius 3 is 1.90 bits per heavy atom. The largest absolute Gasteiger partial charge is 0.398 e. The predicted molar refractivity (Wildman–Crippen MR) is 117 cm³/mol. The van der Waals surface area contributed by atoms with Gasteiger partial charge in [-0.05, 0) is 107 Å². The standard InChI is InChI=1S/C14H13FN2.C9H9BrFN/c15-13-8-12(9-4-6-17-7-5-9)14(16)11-3-1-2-10(11)13;10-7-4-8(11)5-2-1-3-6(5)9(7)12/h4-8H,1-3,16H2;4H,1-3,12H2. The summed E-state index contributed by atoms with van der Waals surface area (Å²) in [7, 11) is 0. The smallest absolute Gasteiger partial charge is 0.127 e. The molecule has 1 aromatic heterocycles. The monoisotopic (exact) mass is 457 g/mol. The highest BCUT2D eigenvalue weighted by molar-refractivity contribution is 9.10. The third-order valence-electron chi connectivity index (χ3n) is 5.73. The first-order chi connectivity index (χ1) is 14.0. The zero-order chi connectivity index (χ0) is 20.5. The van der Waals surface area contributed by atoms with Crippen LogP contribution >= 0.6 is 15.9 Å². The Labute approximate surface area is 177 Å². The number of fused-ring (bicyclic) bond motifs is 2. The molecule has 3 nitrogen and oxygen atoms in total. The molecule has 1 heterocycles. The van der Waals surface area contributed by atoms with Gasteiger partial charge < -0.3 is 11.5 Å². The van der Waals surface area contributed by atoms with Gasteiger partial charge in [-0.1, -0.05) is 0 Å². The van der Waals surface area contributed by atoms with Crippen molar-refractivity contribution in [2.75, 3.05) is 11.5 Å². The molecule has 0 fully saturated rings. The van der Waals surface area contributed by atoms with Crippen molar-refractivity contribution < 1.29 is 8.78 Å². The topological polar surface area (TPSA) is 64.9 Å². The van der Waals surface area contributed by atoms with E-state index < -0.39 is 0 Å². The summed E-state index contributed by atoms with van der Waals surface area (Å²) in [5.74, 6) is -0.248. The van der Waals surface area contributed by atoms with Crippen LogP contribution < -0.4 is 11.5 Å². The van der Waals surface area contributed by atoms with Gasteiger partial charge in [-0.15, -0.1) is 0 Å². The van der Waals surface area contributed by atoms with Crippen molar-refractivity contribution in [3.63, 3.8) is 0 Å². The van der Waals surface area contributed by atoms with Gasteiger partial charge in [-0.2, -0.15) is 0 Å². The predicted octanol–water partition coefficient (Wildman–Crippen LogP) is 5.62. The molecular formula is C23H22BrF2N3. The number of rotatable bonds is 1. The van der Waals surface area contributed by atoms with E-state index in [0.717, 1.165) is 77.6 Å². The summed E-state index contributed by atoms with van der Waals surface area (Å²) in [6.07, 6.45) is 8.85. The van der Waals surface area contributed by atoms with E-state index in [-0.39, 0.29) is 11.6 Å².